The SMILES string of the molecule is COc1ccc(N2CCC(CCO)CC2)cc1Cl. The van der Waals surface area contributed by atoms with Crippen molar-refractivity contribution in [3.8, 4) is 5.75 Å². The maximum Gasteiger partial charge on any atom is 0.137 e. The molecule has 0 spiro atoms. The van der Waals surface area contributed by atoms with Gasteiger partial charge in [-0.2, -0.15) is 0 Å². The molecular weight excluding hydrogens is 250 g/mol. The smallest absolute Gasteiger partial charge is 0.137 e. The number of rotatable bonds is 4. The van der Waals surface area contributed by atoms with Crippen molar-refractivity contribution in [3.63, 3.8) is 0 Å². The molecule has 0 aliphatic carbocycles. The molecule has 0 radical (unpaired) electrons. The van der Waals surface area contributed by atoms with E-state index in [4.69, 9.17) is 21.4 Å². The van der Waals surface area contributed by atoms with Gasteiger partial charge in [-0.25, -0.2) is 0 Å². The minimum absolute atomic E-state index is 0.305. The monoisotopic (exact) mass is 269 g/mol. The summed E-state index contributed by atoms with van der Waals surface area (Å²) in [5.74, 6) is 1.38. The van der Waals surface area contributed by atoms with Crippen LogP contribution in [0.1, 0.15) is 19.3 Å². The fraction of sp³-hybridized carbons (Fsp3) is 0.571. The van der Waals surface area contributed by atoms with E-state index in [1.165, 1.54) is 0 Å². The molecule has 1 aliphatic heterocycles. The molecule has 0 bridgehead atoms. The number of benzene rings is 1. The first kappa shape index (κ1) is 13.5. The highest BCUT2D eigenvalue weighted by Crippen LogP contribution is 2.31. The van der Waals surface area contributed by atoms with Gasteiger partial charge in [0.05, 0.1) is 12.1 Å². The molecule has 1 heterocycles. The molecule has 1 fully saturated rings. The Balaban J connectivity index is 1.99. The van der Waals surface area contributed by atoms with Gasteiger partial charge in [-0.15, -0.1) is 0 Å². The summed E-state index contributed by atoms with van der Waals surface area (Å²) in [6.07, 6.45) is 3.21. The first-order valence-electron chi connectivity index (χ1n) is 6.44. The molecule has 0 aromatic heterocycles. The number of halogens is 1. The fourth-order valence-corrected chi connectivity index (χ4v) is 2.77. The van der Waals surface area contributed by atoms with Gasteiger partial charge in [0, 0.05) is 25.4 Å². The average molecular weight is 270 g/mol. The Labute approximate surface area is 113 Å². The molecule has 3 nitrogen and oxygen atoms in total. The largest absolute Gasteiger partial charge is 0.495 e. The molecule has 2 rings (SSSR count). The predicted octanol–water partition coefficient (Wildman–Crippen LogP) is 2.95. The summed E-state index contributed by atoms with van der Waals surface area (Å²) in [4.78, 5) is 2.35. The highest BCUT2D eigenvalue weighted by molar-refractivity contribution is 6.32. The van der Waals surface area contributed by atoms with Crippen molar-refractivity contribution >= 4 is 17.3 Å². The van der Waals surface area contributed by atoms with Crippen molar-refractivity contribution in [2.24, 2.45) is 5.92 Å². The Bertz CT molecular complexity index is 389. The second-order valence-electron chi connectivity index (χ2n) is 4.76. The van der Waals surface area contributed by atoms with Crippen LogP contribution in [0.4, 0.5) is 5.69 Å². The van der Waals surface area contributed by atoms with Gasteiger partial charge >= 0.3 is 0 Å². The van der Waals surface area contributed by atoms with Crippen molar-refractivity contribution in [2.75, 3.05) is 31.7 Å². The number of nitrogens with zero attached hydrogens (tertiary/aromatic N) is 1. The first-order chi connectivity index (χ1) is 8.74. The summed E-state index contributed by atoms with van der Waals surface area (Å²) in [7, 11) is 1.63. The summed E-state index contributed by atoms with van der Waals surface area (Å²) >= 11 is 6.14. The predicted molar refractivity (Wildman–Crippen MR) is 74.6 cm³/mol. The van der Waals surface area contributed by atoms with Gasteiger partial charge < -0.3 is 14.7 Å². The van der Waals surface area contributed by atoms with Gasteiger partial charge in [-0.05, 0) is 43.4 Å². The Morgan fingerprint density at radius 1 is 1.39 bits per heavy atom. The van der Waals surface area contributed by atoms with Gasteiger partial charge in [0.1, 0.15) is 5.75 Å². The van der Waals surface area contributed by atoms with Crippen molar-refractivity contribution in [1.82, 2.24) is 0 Å². The molecule has 1 aromatic rings. The lowest BCUT2D eigenvalue weighted by Crippen LogP contribution is -2.33. The lowest BCUT2D eigenvalue weighted by Gasteiger charge is -2.33. The van der Waals surface area contributed by atoms with E-state index >= 15 is 0 Å². The maximum atomic E-state index is 8.95. The zero-order valence-corrected chi connectivity index (χ0v) is 11.5. The number of ether oxygens (including phenoxy) is 1. The van der Waals surface area contributed by atoms with E-state index in [1.54, 1.807) is 7.11 Å². The molecule has 0 unspecified atom stereocenters. The van der Waals surface area contributed by atoms with Gasteiger partial charge in [-0.3, -0.25) is 0 Å². The lowest BCUT2D eigenvalue weighted by molar-refractivity contribution is 0.240. The van der Waals surface area contributed by atoms with E-state index in [1.807, 2.05) is 12.1 Å². The van der Waals surface area contributed by atoms with Crippen LogP contribution in [0.15, 0.2) is 18.2 Å². The van der Waals surface area contributed by atoms with Crippen molar-refractivity contribution in [3.05, 3.63) is 23.2 Å². The van der Waals surface area contributed by atoms with Crippen LogP contribution in [0.25, 0.3) is 0 Å². The first-order valence-corrected chi connectivity index (χ1v) is 6.81. The van der Waals surface area contributed by atoms with E-state index < -0.39 is 0 Å². The van der Waals surface area contributed by atoms with E-state index in [-0.39, 0.29) is 0 Å². The molecule has 0 atom stereocenters. The fourth-order valence-electron chi connectivity index (χ4n) is 2.51. The second kappa shape index (κ2) is 6.30. The van der Waals surface area contributed by atoms with Crippen LogP contribution in [-0.2, 0) is 0 Å². The van der Waals surface area contributed by atoms with Crippen LogP contribution < -0.4 is 9.64 Å². The number of hydrogen-bond acceptors (Lipinski definition) is 3. The van der Waals surface area contributed by atoms with Crippen molar-refractivity contribution < 1.29 is 9.84 Å². The Hall–Kier alpha value is -0.930. The summed E-state index contributed by atoms with van der Waals surface area (Å²) in [6.45, 7) is 2.37. The van der Waals surface area contributed by atoms with E-state index in [0.29, 0.717) is 17.5 Å². The van der Waals surface area contributed by atoms with Crippen LogP contribution in [-0.4, -0.2) is 31.9 Å². The topological polar surface area (TPSA) is 32.7 Å². The molecule has 4 heteroatoms. The van der Waals surface area contributed by atoms with E-state index in [9.17, 15) is 0 Å². The van der Waals surface area contributed by atoms with E-state index in [0.717, 1.165) is 43.8 Å². The maximum absolute atomic E-state index is 8.95. The van der Waals surface area contributed by atoms with Crippen LogP contribution in [0, 0.1) is 5.92 Å². The van der Waals surface area contributed by atoms with Crippen LogP contribution in [0.3, 0.4) is 0 Å². The highest BCUT2D eigenvalue weighted by atomic mass is 35.5. The third-order valence-electron chi connectivity index (χ3n) is 3.65. The molecule has 0 saturated carbocycles. The van der Waals surface area contributed by atoms with Gasteiger partial charge in [-0.1, -0.05) is 11.6 Å². The van der Waals surface area contributed by atoms with Crippen LogP contribution >= 0.6 is 11.6 Å². The normalized spacial score (nSPS) is 16.9. The van der Waals surface area contributed by atoms with Crippen LogP contribution in [0.2, 0.25) is 5.02 Å². The number of piperidine rings is 1. The molecule has 100 valence electrons. The summed E-state index contributed by atoms with van der Waals surface area (Å²) in [5.41, 5.74) is 1.16. The minimum atomic E-state index is 0.305. The standard InChI is InChI=1S/C14H20ClNO2/c1-18-14-3-2-12(10-13(14)15)16-7-4-11(5-8-16)6-9-17/h2-3,10-11,17H,4-9H2,1H3. The van der Waals surface area contributed by atoms with Gasteiger partial charge in [0.2, 0.25) is 0 Å². The summed E-state index contributed by atoms with van der Waals surface area (Å²) in [6, 6.07) is 5.93. The quantitative estimate of drug-likeness (QED) is 0.912. The zero-order chi connectivity index (χ0) is 13.0. The summed E-state index contributed by atoms with van der Waals surface area (Å²) < 4.78 is 5.16. The molecule has 1 saturated heterocycles. The number of methoxy groups -OCH3 is 1. The molecule has 1 aliphatic rings. The number of hydrogen-bond donors (Lipinski definition) is 1. The minimum Gasteiger partial charge on any atom is -0.495 e. The second-order valence-corrected chi connectivity index (χ2v) is 5.17. The van der Waals surface area contributed by atoms with Crippen molar-refractivity contribution in [1.29, 1.82) is 0 Å². The lowest BCUT2D eigenvalue weighted by atomic mass is 9.93. The highest BCUT2D eigenvalue weighted by Gasteiger charge is 2.19. The third-order valence-corrected chi connectivity index (χ3v) is 3.95. The molecule has 18 heavy (non-hydrogen) atoms. The molecular formula is C14H20ClNO2. The summed E-state index contributed by atoms with van der Waals surface area (Å²) in [5, 5.41) is 9.61. The number of aliphatic hydroxyl groups is 1. The number of aliphatic hydroxyl groups excluding tert-OH is 1. The van der Waals surface area contributed by atoms with Gasteiger partial charge in [0.15, 0.2) is 0 Å². The Kier molecular flexibility index (Phi) is 4.72. The average Bonchev–Trinajstić information content (AvgIpc) is 2.40. The Morgan fingerprint density at radius 3 is 2.67 bits per heavy atom. The number of anilines is 1. The van der Waals surface area contributed by atoms with E-state index in [2.05, 4.69) is 11.0 Å². The zero-order valence-electron chi connectivity index (χ0n) is 10.7. The third kappa shape index (κ3) is 3.09. The Morgan fingerprint density at radius 2 is 2.11 bits per heavy atom. The van der Waals surface area contributed by atoms with Gasteiger partial charge in [0.25, 0.3) is 0 Å². The molecule has 1 N–H and O–H groups in total. The van der Waals surface area contributed by atoms with Crippen LogP contribution in [0.5, 0.6) is 5.75 Å². The molecule has 0 amide bonds. The molecule has 1 aromatic carbocycles. The van der Waals surface area contributed by atoms with Crippen molar-refractivity contribution in [2.45, 2.75) is 19.3 Å².